The van der Waals surface area contributed by atoms with Crippen molar-refractivity contribution in [2.24, 2.45) is 0 Å². The van der Waals surface area contributed by atoms with Gasteiger partial charge in [0.1, 0.15) is 0 Å². The van der Waals surface area contributed by atoms with Crippen LogP contribution in [0, 0.1) is 0 Å². The van der Waals surface area contributed by atoms with Gasteiger partial charge in [-0.05, 0) is 55.4 Å². The molecule has 29 heavy (non-hydrogen) atoms. The second kappa shape index (κ2) is 9.35. The molecule has 7 heteroatoms. The summed E-state index contributed by atoms with van der Waals surface area (Å²) in [6.45, 7) is 0.471. The van der Waals surface area contributed by atoms with Crippen LogP contribution >= 0.6 is 11.3 Å². The van der Waals surface area contributed by atoms with Crippen molar-refractivity contribution in [3.63, 3.8) is 0 Å². The molecule has 0 spiro atoms. The molecule has 0 saturated heterocycles. The monoisotopic (exact) mass is 428 g/mol. The first-order valence-corrected chi connectivity index (χ1v) is 11.7. The summed E-state index contributed by atoms with van der Waals surface area (Å²) in [5.74, 6) is -0.361. The smallest absolute Gasteiger partial charge is 0.251 e. The average molecular weight is 429 g/mol. The molecule has 3 aromatic rings. The van der Waals surface area contributed by atoms with E-state index in [4.69, 9.17) is 0 Å². The van der Waals surface area contributed by atoms with Crippen LogP contribution in [0.25, 0.3) is 0 Å². The van der Waals surface area contributed by atoms with E-state index in [9.17, 15) is 13.2 Å². The third kappa shape index (κ3) is 5.53. The number of rotatable bonds is 8. The Morgan fingerprint density at radius 1 is 1.03 bits per heavy atom. The SMILES string of the molecule is CN(C)C(CNC(=O)c1cccc(CS(=O)(=O)c2ccccc2)c1)c1cccs1. The number of benzene rings is 2. The number of hydrogen-bond acceptors (Lipinski definition) is 5. The molecular formula is C22H24N2O3S2. The Morgan fingerprint density at radius 3 is 2.45 bits per heavy atom. The predicted octanol–water partition coefficient (Wildman–Crippen LogP) is 3.75. The minimum atomic E-state index is -3.46. The minimum absolute atomic E-state index is 0.0839. The number of thiophene rings is 1. The third-order valence-corrected chi connectivity index (χ3v) is 7.28. The van der Waals surface area contributed by atoms with Gasteiger partial charge in [0.15, 0.2) is 9.84 Å². The van der Waals surface area contributed by atoms with Crippen LogP contribution in [0.2, 0.25) is 0 Å². The lowest BCUT2D eigenvalue weighted by atomic mass is 10.1. The lowest BCUT2D eigenvalue weighted by Gasteiger charge is -2.23. The fraction of sp³-hybridized carbons (Fsp3) is 0.227. The number of carbonyl (C=O) groups excluding carboxylic acids is 1. The molecule has 152 valence electrons. The molecule has 1 N–H and O–H groups in total. The van der Waals surface area contributed by atoms with Gasteiger partial charge in [0.2, 0.25) is 0 Å². The highest BCUT2D eigenvalue weighted by Crippen LogP contribution is 2.22. The largest absolute Gasteiger partial charge is 0.350 e. The Morgan fingerprint density at radius 2 is 1.79 bits per heavy atom. The number of nitrogens with one attached hydrogen (secondary N) is 1. The number of sulfone groups is 1. The quantitative estimate of drug-likeness (QED) is 0.593. The number of amides is 1. The molecule has 2 aromatic carbocycles. The molecule has 0 fully saturated rings. The van der Waals surface area contributed by atoms with Gasteiger partial charge in [-0.3, -0.25) is 4.79 Å². The van der Waals surface area contributed by atoms with Crippen molar-refractivity contribution in [1.82, 2.24) is 10.2 Å². The van der Waals surface area contributed by atoms with E-state index < -0.39 is 9.84 Å². The normalized spacial score (nSPS) is 12.7. The van der Waals surface area contributed by atoms with Crippen LogP contribution in [0.4, 0.5) is 0 Å². The van der Waals surface area contributed by atoms with Gasteiger partial charge in [0.05, 0.1) is 16.7 Å². The fourth-order valence-electron chi connectivity index (χ4n) is 3.04. The highest BCUT2D eigenvalue weighted by atomic mass is 32.2. The van der Waals surface area contributed by atoms with Gasteiger partial charge in [-0.25, -0.2) is 8.42 Å². The van der Waals surface area contributed by atoms with Crippen molar-refractivity contribution in [1.29, 1.82) is 0 Å². The van der Waals surface area contributed by atoms with Gasteiger partial charge in [-0.15, -0.1) is 11.3 Å². The molecular weight excluding hydrogens is 404 g/mol. The van der Waals surface area contributed by atoms with E-state index in [0.717, 1.165) is 0 Å². The van der Waals surface area contributed by atoms with Crippen LogP contribution in [-0.2, 0) is 15.6 Å². The summed E-state index contributed by atoms with van der Waals surface area (Å²) in [4.78, 5) is 16.2. The Bertz CT molecular complexity index is 1050. The minimum Gasteiger partial charge on any atom is -0.350 e. The van der Waals surface area contributed by atoms with Crippen molar-refractivity contribution in [2.75, 3.05) is 20.6 Å². The molecule has 0 aliphatic rings. The van der Waals surface area contributed by atoms with Crippen LogP contribution in [0.3, 0.4) is 0 Å². The first kappa shape index (κ1) is 21.2. The highest BCUT2D eigenvalue weighted by Gasteiger charge is 2.18. The molecule has 1 atom stereocenters. The number of likely N-dealkylation sites (N-methyl/N-ethyl adjacent to an activating group) is 1. The highest BCUT2D eigenvalue weighted by molar-refractivity contribution is 7.90. The molecule has 1 amide bonds. The summed E-state index contributed by atoms with van der Waals surface area (Å²) in [6, 6.07) is 19.3. The van der Waals surface area contributed by atoms with Crippen LogP contribution in [0.5, 0.6) is 0 Å². The second-order valence-electron chi connectivity index (χ2n) is 6.98. The number of hydrogen-bond donors (Lipinski definition) is 1. The molecule has 0 bridgehead atoms. The Kier molecular flexibility index (Phi) is 6.84. The topological polar surface area (TPSA) is 66.5 Å². The van der Waals surface area contributed by atoms with Crippen LogP contribution in [-0.4, -0.2) is 39.9 Å². The second-order valence-corrected chi connectivity index (χ2v) is 9.95. The molecule has 1 aromatic heterocycles. The predicted molar refractivity (Wildman–Crippen MR) is 117 cm³/mol. The molecule has 1 unspecified atom stereocenters. The first-order valence-electron chi connectivity index (χ1n) is 9.21. The van der Waals surface area contributed by atoms with Crippen molar-refractivity contribution in [3.8, 4) is 0 Å². The third-order valence-electron chi connectivity index (χ3n) is 4.60. The van der Waals surface area contributed by atoms with E-state index >= 15 is 0 Å². The van der Waals surface area contributed by atoms with E-state index in [0.29, 0.717) is 17.7 Å². The van der Waals surface area contributed by atoms with E-state index in [1.807, 2.05) is 25.5 Å². The van der Waals surface area contributed by atoms with Gasteiger partial charge in [-0.2, -0.15) is 0 Å². The van der Waals surface area contributed by atoms with Crippen LogP contribution < -0.4 is 5.32 Å². The zero-order valence-corrected chi connectivity index (χ0v) is 18.0. The molecule has 0 saturated carbocycles. The molecule has 3 rings (SSSR count). The first-order chi connectivity index (χ1) is 13.9. The molecule has 0 radical (unpaired) electrons. The molecule has 1 heterocycles. The average Bonchev–Trinajstić information content (AvgIpc) is 3.23. The van der Waals surface area contributed by atoms with E-state index in [1.54, 1.807) is 65.9 Å². The zero-order valence-electron chi connectivity index (χ0n) is 16.4. The zero-order chi connectivity index (χ0) is 20.9. The van der Waals surface area contributed by atoms with Gasteiger partial charge in [0.25, 0.3) is 5.91 Å². The van der Waals surface area contributed by atoms with Gasteiger partial charge in [-0.1, -0.05) is 36.4 Å². The number of nitrogens with zero attached hydrogens (tertiary/aromatic N) is 1. The van der Waals surface area contributed by atoms with Gasteiger partial charge < -0.3 is 10.2 Å². The lowest BCUT2D eigenvalue weighted by molar-refractivity contribution is 0.0942. The van der Waals surface area contributed by atoms with E-state index in [2.05, 4.69) is 16.3 Å². The Labute approximate surface area is 175 Å². The maximum atomic E-state index is 12.7. The lowest BCUT2D eigenvalue weighted by Crippen LogP contribution is -2.34. The molecule has 0 aliphatic heterocycles. The maximum Gasteiger partial charge on any atom is 0.251 e. The van der Waals surface area contributed by atoms with E-state index in [-0.39, 0.29) is 22.6 Å². The van der Waals surface area contributed by atoms with Gasteiger partial charge >= 0.3 is 0 Å². The summed E-state index contributed by atoms with van der Waals surface area (Å²) < 4.78 is 25.2. The van der Waals surface area contributed by atoms with Crippen molar-refractivity contribution < 1.29 is 13.2 Å². The fourth-order valence-corrected chi connectivity index (χ4v) is 5.32. The van der Waals surface area contributed by atoms with Crippen molar-refractivity contribution >= 4 is 27.1 Å². The maximum absolute atomic E-state index is 12.7. The standard InChI is InChI=1S/C22H24N2O3S2/c1-24(2)20(21-12-7-13-28-21)15-23-22(25)18-9-6-8-17(14-18)16-29(26,27)19-10-4-3-5-11-19/h3-14,20H,15-16H2,1-2H3,(H,23,25). The summed E-state index contributed by atoms with van der Waals surface area (Å²) in [7, 11) is 0.496. The molecule has 5 nitrogen and oxygen atoms in total. The Balaban J connectivity index is 1.69. The summed E-state index contributed by atoms with van der Waals surface area (Å²) in [5, 5.41) is 4.99. The Hall–Kier alpha value is -2.48. The summed E-state index contributed by atoms with van der Waals surface area (Å²) >= 11 is 1.65. The van der Waals surface area contributed by atoms with Crippen molar-refractivity contribution in [2.45, 2.75) is 16.7 Å². The van der Waals surface area contributed by atoms with Crippen molar-refractivity contribution in [3.05, 3.63) is 88.1 Å². The summed E-state index contributed by atoms with van der Waals surface area (Å²) in [6.07, 6.45) is 0. The van der Waals surface area contributed by atoms with Crippen LogP contribution in [0.1, 0.15) is 26.8 Å². The molecule has 0 aliphatic carbocycles. The number of carbonyl (C=O) groups is 1. The van der Waals surface area contributed by atoms with Crippen LogP contribution in [0.15, 0.2) is 77.0 Å². The van der Waals surface area contributed by atoms with E-state index in [1.165, 1.54) is 4.88 Å². The van der Waals surface area contributed by atoms with Gasteiger partial charge in [0, 0.05) is 17.0 Å². The summed E-state index contributed by atoms with van der Waals surface area (Å²) in [5.41, 5.74) is 1.04.